The molecule has 0 aromatic heterocycles. The SMILES string of the molecule is COC(=O)/C(=C/c1ccccc1)CN1CC[C@@](C)(c2cccc(O)c2)C(C)C1. The van der Waals surface area contributed by atoms with Crippen LogP contribution in [0.15, 0.2) is 60.2 Å². The number of methoxy groups -OCH3 is 1. The fourth-order valence-electron chi connectivity index (χ4n) is 4.04. The van der Waals surface area contributed by atoms with Gasteiger partial charge in [-0.15, -0.1) is 0 Å². The van der Waals surface area contributed by atoms with Crippen molar-refractivity contribution in [3.05, 3.63) is 71.3 Å². The van der Waals surface area contributed by atoms with Gasteiger partial charge in [-0.05, 0) is 53.6 Å². The molecule has 2 aromatic rings. The molecule has 2 aromatic carbocycles. The van der Waals surface area contributed by atoms with Crippen molar-refractivity contribution in [3.8, 4) is 5.75 Å². The number of phenols is 1. The van der Waals surface area contributed by atoms with E-state index in [1.165, 1.54) is 12.7 Å². The van der Waals surface area contributed by atoms with Gasteiger partial charge >= 0.3 is 5.97 Å². The lowest BCUT2D eigenvalue weighted by atomic mass is 9.68. The first-order valence-electron chi connectivity index (χ1n) is 9.78. The smallest absolute Gasteiger partial charge is 0.335 e. The molecule has 0 amide bonds. The van der Waals surface area contributed by atoms with Gasteiger partial charge in [-0.2, -0.15) is 0 Å². The molecule has 0 aliphatic carbocycles. The van der Waals surface area contributed by atoms with Gasteiger partial charge in [0.2, 0.25) is 0 Å². The van der Waals surface area contributed by atoms with E-state index in [0.29, 0.717) is 23.8 Å². The summed E-state index contributed by atoms with van der Waals surface area (Å²) < 4.78 is 5.01. The number of rotatable bonds is 5. The van der Waals surface area contributed by atoms with E-state index < -0.39 is 0 Å². The monoisotopic (exact) mass is 379 g/mol. The summed E-state index contributed by atoms with van der Waals surface area (Å²) in [5.74, 6) is 0.420. The number of hydrogen-bond acceptors (Lipinski definition) is 4. The number of carbonyl (C=O) groups excluding carboxylic acids is 1. The number of aromatic hydroxyl groups is 1. The van der Waals surface area contributed by atoms with Gasteiger partial charge < -0.3 is 9.84 Å². The van der Waals surface area contributed by atoms with Crippen LogP contribution in [0.2, 0.25) is 0 Å². The second kappa shape index (κ2) is 8.61. The van der Waals surface area contributed by atoms with Crippen molar-refractivity contribution >= 4 is 12.0 Å². The molecule has 4 nitrogen and oxygen atoms in total. The van der Waals surface area contributed by atoms with Crippen LogP contribution in [0.5, 0.6) is 5.75 Å². The van der Waals surface area contributed by atoms with Crippen LogP contribution < -0.4 is 0 Å². The molecule has 0 radical (unpaired) electrons. The van der Waals surface area contributed by atoms with Gasteiger partial charge in [-0.1, -0.05) is 56.3 Å². The summed E-state index contributed by atoms with van der Waals surface area (Å²) in [6.07, 6.45) is 2.89. The van der Waals surface area contributed by atoms with E-state index in [-0.39, 0.29) is 11.4 Å². The highest BCUT2D eigenvalue weighted by molar-refractivity contribution is 5.94. The van der Waals surface area contributed by atoms with Crippen molar-refractivity contribution in [1.29, 1.82) is 0 Å². The maximum Gasteiger partial charge on any atom is 0.335 e. The topological polar surface area (TPSA) is 49.8 Å². The number of ether oxygens (including phenoxy) is 1. The Morgan fingerprint density at radius 2 is 2.00 bits per heavy atom. The molecule has 1 aliphatic heterocycles. The van der Waals surface area contributed by atoms with E-state index in [9.17, 15) is 9.90 Å². The number of piperidine rings is 1. The lowest BCUT2D eigenvalue weighted by Gasteiger charge is -2.45. The second-order valence-corrected chi connectivity index (χ2v) is 7.93. The lowest BCUT2D eigenvalue weighted by molar-refractivity contribution is -0.136. The van der Waals surface area contributed by atoms with Crippen LogP contribution in [0, 0.1) is 5.92 Å². The molecular formula is C24H29NO3. The van der Waals surface area contributed by atoms with Crippen LogP contribution in [0.4, 0.5) is 0 Å². The molecule has 0 bridgehead atoms. The normalized spacial score (nSPS) is 23.4. The molecule has 2 atom stereocenters. The van der Waals surface area contributed by atoms with Gasteiger partial charge in [0, 0.05) is 13.1 Å². The maximum absolute atomic E-state index is 12.3. The molecule has 4 heteroatoms. The van der Waals surface area contributed by atoms with Crippen LogP contribution in [-0.4, -0.2) is 42.7 Å². The zero-order valence-corrected chi connectivity index (χ0v) is 16.9. The third kappa shape index (κ3) is 4.45. The van der Waals surface area contributed by atoms with Crippen LogP contribution in [0.3, 0.4) is 0 Å². The molecule has 28 heavy (non-hydrogen) atoms. The minimum absolute atomic E-state index is 0.00378. The summed E-state index contributed by atoms with van der Waals surface area (Å²) in [7, 11) is 1.43. The van der Waals surface area contributed by atoms with E-state index in [2.05, 4.69) is 24.8 Å². The van der Waals surface area contributed by atoms with Gasteiger partial charge in [0.05, 0.1) is 12.7 Å². The number of phenolic OH excluding ortho intramolecular Hbond substituents is 1. The van der Waals surface area contributed by atoms with E-state index in [1.807, 2.05) is 48.5 Å². The summed E-state index contributed by atoms with van der Waals surface area (Å²) in [6.45, 7) is 6.86. The first-order valence-corrected chi connectivity index (χ1v) is 9.78. The fraction of sp³-hybridized carbons (Fsp3) is 0.375. The van der Waals surface area contributed by atoms with Crippen molar-refractivity contribution in [1.82, 2.24) is 4.90 Å². The van der Waals surface area contributed by atoms with Crippen molar-refractivity contribution in [2.24, 2.45) is 5.92 Å². The molecule has 1 unspecified atom stereocenters. The number of nitrogens with zero attached hydrogens (tertiary/aromatic N) is 1. The first-order chi connectivity index (χ1) is 13.4. The summed E-state index contributed by atoms with van der Waals surface area (Å²) in [6, 6.07) is 17.5. The Hall–Kier alpha value is -2.59. The van der Waals surface area contributed by atoms with Crippen molar-refractivity contribution in [2.75, 3.05) is 26.7 Å². The van der Waals surface area contributed by atoms with Crippen molar-refractivity contribution in [3.63, 3.8) is 0 Å². The van der Waals surface area contributed by atoms with Crippen LogP contribution in [-0.2, 0) is 14.9 Å². The largest absolute Gasteiger partial charge is 0.508 e. The van der Waals surface area contributed by atoms with Crippen molar-refractivity contribution < 1.29 is 14.6 Å². The average Bonchev–Trinajstić information content (AvgIpc) is 2.70. The predicted molar refractivity (Wildman–Crippen MR) is 112 cm³/mol. The predicted octanol–water partition coefficient (Wildman–Crippen LogP) is 4.25. The standard InChI is InChI=1S/C24H29NO3/c1-18-16-25(13-12-24(18,2)21-10-7-11-22(26)15-21)17-20(23(27)28-3)14-19-8-5-4-6-9-19/h4-11,14-15,18,26H,12-13,16-17H2,1-3H3/b20-14+/t18?,24-/m1/s1. The number of likely N-dealkylation sites (tertiary alicyclic amines) is 1. The number of benzene rings is 2. The third-order valence-corrected chi connectivity index (χ3v) is 6.05. The molecule has 1 fully saturated rings. The quantitative estimate of drug-likeness (QED) is 0.623. The fourth-order valence-corrected chi connectivity index (χ4v) is 4.04. The first kappa shape index (κ1) is 20.2. The Bertz CT molecular complexity index is 846. The maximum atomic E-state index is 12.3. The van der Waals surface area contributed by atoms with E-state index in [0.717, 1.165) is 25.1 Å². The molecule has 1 aliphatic rings. The van der Waals surface area contributed by atoms with Crippen molar-refractivity contribution in [2.45, 2.75) is 25.7 Å². The molecule has 1 N–H and O–H groups in total. The van der Waals surface area contributed by atoms with E-state index in [4.69, 9.17) is 4.74 Å². The molecule has 1 heterocycles. The summed E-state index contributed by atoms with van der Waals surface area (Å²) in [5.41, 5.74) is 2.84. The molecular weight excluding hydrogens is 350 g/mol. The van der Waals surface area contributed by atoms with Gasteiger partial charge in [0.1, 0.15) is 5.75 Å². The number of hydrogen-bond donors (Lipinski definition) is 1. The van der Waals surface area contributed by atoms with Gasteiger partial charge in [-0.25, -0.2) is 4.79 Å². The highest BCUT2D eigenvalue weighted by Gasteiger charge is 2.38. The van der Waals surface area contributed by atoms with Gasteiger partial charge in [0.25, 0.3) is 0 Å². The van der Waals surface area contributed by atoms with Crippen LogP contribution in [0.1, 0.15) is 31.4 Å². The van der Waals surface area contributed by atoms with Crippen LogP contribution in [0.25, 0.3) is 6.08 Å². The van der Waals surface area contributed by atoms with Gasteiger partial charge in [-0.3, -0.25) is 4.90 Å². The summed E-state index contributed by atoms with van der Waals surface area (Å²) in [5, 5.41) is 9.87. The van der Waals surface area contributed by atoms with E-state index in [1.54, 1.807) is 6.07 Å². The number of esters is 1. The highest BCUT2D eigenvalue weighted by atomic mass is 16.5. The Balaban J connectivity index is 1.75. The molecule has 0 saturated carbocycles. The zero-order valence-electron chi connectivity index (χ0n) is 16.9. The molecule has 1 saturated heterocycles. The minimum atomic E-state index is -0.280. The van der Waals surface area contributed by atoms with E-state index >= 15 is 0 Å². The molecule has 148 valence electrons. The summed E-state index contributed by atoms with van der Waals surface area (Å²) in [4.78, 5) is 14.6. The Morgan fingerprint density at radius 3 is 2.64 bits per heavy atom. The zero-order chi connectivity index (χ0) is 20.1. The Labute approximate surface area is 167 Å². The van der Waals surface area contributed by atoms with Gasteiger partial charge in [0.15, 0.2) is 0 Å². The highest BCUT2D eigenvalue weighted by Crippen LogP contribution is 2.40. The average molecular weight is 380 g/mol. The molecule has 0 spiro atoms. The molecule has 3 rings (SSSR count). The summed E-state index contributed by atoms with van der Waals surface area (Å²) >= 11 is 0. The lowest BCUT2D eigenvalue weighted by Crippen LogP contribution is -2.48. The third-order valence-electron chi connectivity index (χ3n) is 6.05. The second-order valence-electron chi connectivity index (χ2n) is 7.93. The van der Waals surface area contributed by atoms with Crippen LogP contribution >= 0.6 is 0 Å². The minimum Gasteiger partial charge on any atom is -0.508 e. The Kier molecular flexibility index (Phi) is 6.20. The number of carbonyl (C=O) groups is 1. The Morgan fingerprint density at radius 1 is 1.25 bits per heavy atom.